The maximum Gasteiger partial charge on any atom is 0.338 e. The Morgan fingerprint density at radius 1 is 1.65 bits per heavy atom. The molecule has 1 unspecified atom stereocenters. The average molecular weight is 235 g/mol. The Balaban J connectivity index is 2.13. The molecule has 17 heavy (non-hydrogen) atoms. The van der Waals surface area contributed by atoms with Crippen LogP contribution in [0.1, 0.15) is 23.7 Å². The minimum absolute atomic E-state index is 0.00173. The van der Waals surface area contributed by atoms with Crippen molar-refractivity contribution in [2.24, 2.45) is 0 Å². The van der Waals surface area contributed by atoms with Gasteiger partial charge in [0.15, 0.2) is 0 Å². The second-order valence-electron chi connectivity index (χ2n) is 4.53. The summed E-state index contributed by atoms with van der Waals surface area (Å²) in [5.41, 5.74) is 0.515. The van der Waals surface area contributed by atoms with E-state index in [1.54, 1.807) is 18.3 Å². The van der Waals surface area contributed by atoms with Crippen molar-refractivity contribution in [2.75, 3.05) is 25.5 Å². The number of methoxy groups -OCH3 is 1. The van der Waals surface area contributed by atoms with Gasteiger partial charge in [-0.2, -0.15) is 0 Å². The molecule has 1 saturated heterocycles. The van der Waals surface area contributed by atoms with E-state index in [1.165, 1.54) is 7.11 Å². The van der Waals surface area contributed by atoms with E-state index >= 15 is 0 Å². The predicted molar refractivity (Wildman–Crippen MR) is 65.1 cm³/mol. The summed E-state index contributed by atoms with van der Waals surface area (Å²) in [6.07, 6.45) is 2.65. The highest BCUT2D eigenvalue weighted by atomic mass is 16.5. The van der Waals surface area contributed by atoms with Crippen LogP contribution >= 0.6 is 0 Å². The molecule has 92 valence electrons. The lowest BCUT2D eigenvalue weighted by atomic mass is 10.0. The quantitative estimate of drug-likeness (QED) is 0.766. The van der Waals surface area contributed by atoms with Crippen molar-refractivity contribution in [3.8, 4) is 0 Å². The third-order valence-corrected chi connectivity index (χ3v) is 2.98. The molecule has 1 aliphatic heterocycles. The molecule has 0 amide bonds. The minimum atomic E-state index is -0.342. The molecule has 1 aromatic heterocycles. The topological polar surface area (TPSA) is 63.2 Å². The van der Waals surface area contributed by atoms with Gasteiger partial charge >= 0.3 is 5.97 Å². The first-order valence-electron chi connectivity index (χ1n) is 5.66. The highest BCUT2D eigenvalue weighted by Gasteiger charge is 2.28. The number of hydrogen-bond acceptors (Lipinski definition) is 5. The lowest BCUT2D eigenvalue weighted by molar-refractivity contribution is 0.0600. The molecule has 0 bridgehead atoms. The van der Waals surface area contributed by atoms with E-state index in [2.05, 4.69) is 27.3 Å². The maximum atomic E-state index is 11.4. The second kappa shape index (κ2) is 4.71. The largest absolute Gasteiger partial charge is 0.465 e. The third-order valence-electron chi connectivity index (χ3n) is 2.98. The van der Waals surface area contributed by atoms with Gasteiger partial charge in [0, 0.05) is 18.3 Å². The molecule has 5 heteroatoms. The molecule has 1 aliphatic rings. The fourth-order valence-corrected chi connectivity index (χ4v) is 1.98. The van der Waals surface area contributed by atoms with E-state index in [0.717, 1.165) is 19.5 Å². The van der Waals surface area contributed by atoms with Gasteiger partial charge in [-0.25, -0.2) is 9.78 Å². The van der Waals surface area contributed by atoms with Gasteiger partial charge in [0.1, 0.15) is 5.82 Å². The van der Waals surface area contributed by atoms with Crippen molar-refractivity contribution in [1.82, 2.24) is 10.3 Å². The summed E-state index contributed by atoms with van der Waals surface area (Å²) in [5.74, 6) is 0.365. The van der Waals surface area contributed by atoms with Gasteiger partial charge in [0.25, 0.3) is 0 Å². The number of hydrogen-bond donors (Lipinski definition) is 2. The summed E-state index contributed by atoms with van der Waals surface area (Å²) in [5, 5.41) is 6.65. The number of esters is 1. The van der Waals surface area contributed by atoms with Gasteiger partial charge < -0.3 is 15.4 Å². The first-order valence-corrected chi connectivity index (χ1v) is 5.66. The van der Waals surface area contributed by atoms with Crippen molar-refractivity contribution < 1.29 is 9.53 Å². The molecular formula is C12H17N3O2. The summed E-state index contributed by atoms with van der Waals surface area (Å²) in [6.45, 7) is 4.04. The molecule has 0 aliphatic carbocycles. The molecule has 0 radical (unpaired) electrons. The van der Waals surface area contributed by atoms with Crippen molar-refractivity contribution in [1.29, 1.82) is 0 Å². The lowest BCUT2D eigenvalue weighted by Gasteiger charge is -2.25. The van der Waals surface area contributed by atoms with Crippen molar-refractivity contribution in [3.05, 3.63) is 23.9 Å². The molecule has 0 spiro atoms. The first-order chi connectivity index (χ1) is 8.13. The Bertz CT molecular complexity index is 414. The smallest absolute Gasteiger partial charge is 0.338 e. The van der Waals surface area contributed by atoms with Crippen molar-refractivity contribution in [3.63, 3.8) is 0 Å². The summed E-state index contributed by atoms with van der Waals surface area (Å²) < 4.78 is 4.68. The van der Waals surface area contributed by atoms with Gasteiger partial charge in [0.2, 0.25) is 0 Å². The summed E-state index contributed by atoms with van der Waals surface area (Å²) in [4.78, 5) is 15.6. The van der Waals surface area contributed by atoms with Crippen molar-refractivity contribution >= 4 is 11.8 Å². The van der Waals surface area contributed by atoms with E-state index in [1.807, 2.05) is 0 Å². The number of anilines is 1. The SMILES string of the molecule is COC(=O)c1ccnc(NC2(C)CCNC2)c1. The fraction of sp³-hybridized carbons (Fsp3) is 0.500. The maximum absolute atomic E-state index is 11.4. The summed E-state index contributed by atoms with van der Waals surface area (Å²) in [6, 6.07) is 3.36. The zero-order chi connectivity index (χ0) is 12.3. The van der Waals surface area contributed by atoms with Crippen LogP contribution in [-0.4, -0.2) is 36.7 Å². The van der Waals surface area contributed by atoms with E-state index in [9.17, 15) is 4.79 Å². The van der Waals surface area contributed by atoms with Crippen LogP contribution in [-0.2, 0) is 4.74 Å². The number of carbonyl (C=O) groups is 1. The molecule has 2 N–H and O–H groups in total. The molecule has 2 heterocycles. The predicted octanol–water partition coefficient (Wildman–Crippen LogP) is 1.03. The number of nitrogens with zero attached hydrogens (tertiary/aromatic N) is 1. The fourth-order valence-electron chi connectivity index (χ4n) is 1.98. The molecule has 2 rings (SSSR count). The second-order valence-corrected chi connectivity index (χ2v) is 4.53. The molecule has 1 fully saturated rings. The van der Waals surface area contributed by atoms with Crippen LogP contribution < -0.4 is 10.6 Å². The number of ether oxygens (including phenoxy) is 1. The zero-order valence-electron chi connectivity index (χ0n) is 10.1. The van der Waals surface area contributed by atoms with E-state index in [0.29, 0.717) is 11.4 Å². The van der Waals surface area contributed by atoms with Gasteiger partial charge in [-0.05, 0) is 32.0 Å². The standard InChI is InChI=1S/C12H17N3O2/c1-12(4-6-13-8-12)15-10-7-9(3-5-14-10)11(16)17-2/h3,5,7,13H,4,6,8H2,1-2H3,(H,14,15). The molecule has 0 aromatic carbocycles. The number of nitrogens with one attached hydrogen (secondary N) is 2. The normalized spacial score (nSPS) is 23.4. The summed E-state index contributed by atoms with van der Waals surface area (Å²) in [7, 11) is 1.37. The third kappa shape index (κ3) is 2.74. The van der Waals surface area contributed by atoms with Gasteiger partial charge in [-0.3, -0.25) is 0 Å². The molecule has 0 saturated carbocycles. The Morgan fingerprint density at radius 2 is 2.47 bits per heavy atom. The van der Waals surface area contributed by atoms with Crippen LogP contribution in [0.2, 0.25) is 0 Å². The minimum Gasteiger partial charge on any atom is -0.465 e. The average Bonchev–Trinajstić information content (AvgIpc) is 2.75. The molecular weight excluding hydrogens is 218 g/mol. The molecule has 5 nitrogen and oxygen atoms in total. The number of carbonyl (C=O) groups excluding carboxylic acids is 1. The van der Waals surface area contributed by atoms with Crippen LogP contribution in [0.25, 0.3) is 0 Å². The van der Waals surface area contributed by atoms with Gasteiger partial charge in [-0.15, -0.1) is 0 Å². The van der Waals surface area contributed by atoms with E-state index in [4.69, 9.17) is 0 Å². The van der Waals surface area contributed by atoms with Crippen LogP contribution in [0, 0.1) is 0 Å². The van der Waals surface area contributed by atoms with E-state index in [-0.39, 0.29) is 11.5 Å². The number of aromatic nitrogens is 1. The van der Waals surface area contributed by atoms with Crippen LogP contribution in [0.5, 0.6) is 0 Å². The summed E-state index contributed by atoms with van der Waals surface area (Å²) >= 11 is 0. The van der Waals surface area contributed by atoms with E-state index < -0.39 is 0 Å². The van der Waals surface area contributed by atoms with Crippen molar-refractivity contribution in [2.45, 2.75) is 18.9 Å². The Labute approximate surface area is 101 Å². The Hall–Kier alpha value is -1.62. The highest BCUT2D eigenvalue weighted by molar-refractivity contribution is 5.90. The van der Waals surface area contributed by atoms with Crippen LogP contribution in [0.15, 0.2) is 18.3 Å². The van der Waals surface area contributed by atoms with Gasteiger partial charge in [0.05, 0.1) is 12.7 Å². The monoisotopic (exact) mass is 235 g/mol. The van der Waals surface area contributed by atoms with Crippen LogP contribution in [0.4, 0.5) is 5.82 Å². The number of rotatable bonds is 3. The van der Waals surface area contributed by atoms with Gasteiger partial charge in [-0.1, -0.05) is 0 Å². The zero-order valence-corrected chi connectivity index (χ0v) is 10.1. The Morgan fingerprint density at radius 3 is 3.12 bits per heavy atom. The van der Waals surface area contributed by atoms with Crippen LogP contribution in [0.3, 0.4) is 0 Å². The number of pyridine rings is 1. The Kier molecular flexibility index (Phi) is 3.28. The highest BCUT2D eigenvalue weighted by Crippen LogP contribution is 2.20. The molecule has 1 aromatic rings. The first kappa shape index (κ1) is 11.9. The molecule has 1 atom stereocenters. The lowest BCUT2D eigenvalue weighted by Crippen LogP contribution is -2.37.